The first-order valence-corrected chi connectivity index (χ1v) is 7.81. The van der Waals surface area contributed by atoms with Crippen molar-refractivity contribution in [1.29, 1.82) is 0 Å². The molecule has 0 aliphatic carbocycles. The minimum atomic E-state index is -0.171. The van der Waals surface area contributed by atoms with Crippen LogP contribution in [0.4, 0.5) is 4.39 Å². The van der Waals surface area contributed by atoms with E-state index in [2.05, 4.69) is 24.1 Å². The van der Waals surface area contributed by atoms with Gasteiger partial charge in [0, 0.05) is 23.8 Å². The summed E-state index contributed by atoms with van der Waals surface area (Å²) >= 11 is 1.74. The molecule has 4 heteroatoms. The number of hydrogen-bond donors (Lipinski definition) is 1. The van der Waals surface area contributed by atoms with Crippen LogP contribution in [0, 0.1) is 19.7 Å². The van der Waals surface area contributed by atoms with Gasteiger partial charge in [-0.15, -0.1) is 11.3 Å². The molecular weight excluding hydrogens is 271 g/mol. The van der Waals surface area contributed by atoms with E-state index in [1.165, 1.54) is 10.9 Å². The summed E-state index contributed by atoms with van der Waals surface area (Å²) in [5.41, 5.74) is 2.14. The number of hydrogen-bond acceptors (Lipinski definition) is 3. The summed E-state index contributed by atoms with van der Waals surface area (Å²) in [4.78, 5) is 5.87. The minimum absolute atomic E-state index is 0.171. The van der Waals surface area contributed by atoms with Gasteiger partial charge in [0.25, 0.3) is 0 Å². The second kappa shape index (κ2) is 6.95. The number of nitrogens with one attached hydrogen (secondary N) is 1. The third-order valence-electron chi connectivity index (χ3n) is 3.45. The van der Waals surface area contributed by atoms with Gasteiger partial charge in [0.15, 0.2) is 0 Å². The number of rotatable bonds is 6. The van der Waals surface area contributed by atoms with Gasteiger partial charge in [-0.05, 0) is 38.1 Å². The number of likely N-dealkylation sites (N-methyl/N-ethyl adjacent to an activating group) is 1. The Morgan fingerprint density at radius 3 is 2.75 bits per heavy atom. The van der Waals surface area contributed by atoms with E-state index in [1.807, 2.05) is 13.0 Å². The van der Waals surface area contributed by atoms with Gasteiger partial charge in [0.1, 0.15) is 5.82 Å². The lowest BCUT2D eigenvalue weighted by Gasteiger charge is -2.16. The summed E-state index contributed by atoms with van der Waals surface area (Å²) in [6.07, 6.45) is 0.857. The van der Waals surface area contributed by atoms with Crippen LogP contribution >= 0.6 is 11.3 Å². The Balaban J connectivity index is 2.18. The van der Waals surface area contributed by atoms with Crippen molar-refractivity contribution >= 4 is 11.3 Å². The van der Waals surface area contributed by atoms with Crippen molar-refractivity contribution in [1.82, 2.24) is 10.3 Å². The Hall–Kier alpha value is -1.26. The van der Waals surface area contributed by atoms with Crippen LogP contribution in [0.3, 0.4) is 0 Å². The monoisotopic (exact) mass is 292 g/mol. The number of nitrogens with zero attached hydrogens (tertiary/aromatic N) is 1. The number of aromatic nitrogens is 1. The lowest BCUT2D eigenvalue weighted by molar-refractivity contribution is 0.581. The summed E-state index contributed by atoms with van der Waals surface area (Å²) in [7, 11) is 0. The molecule has 1 aromatic heterocycles. The fourth-order valence-corrected chi connectivity index (χ4v) is 3.24. The third-order valence-corrected chi connectivity index (χ3v) is 4.55. The van der Waals surface area contributed by atoms with Crippen molar-refractivity contribution in [2.24, 2.45) is 0 Å². The largest absolute Gasteiger partial charge is 0.316 e. The summed E-state index contributed by atoms with van der Waals surface area (Å²) in [6.45, 7) is 7.98. The summed E-state index contributed by atoms with van der Waals surface area (Å²) in [5.74, 6) is 0.0890. The predicted molar refractivity (Wildman–Crippen MR) is 83.0 cm³/mol. The first-order valence-electron chi connectivity index (χ1n) is 6.99. The molecule has 2 rings (SSSR count). The van der Waals surface area contributed by atoms with Gasteiger partial charge in [-0.1, -0.05) is 19.1 Å². The molecule has 0 amide bonds. The Morgan fingerprint density at radius 2 is 2.15 bits per heavy atom. The first kappa shape index (κ1) is 15.1. The van der Waals surface area contributed by atoms with E-state index in [0.29, 0.717) is 0 Å². The van der Waals surface area contributed by atoms with Crippen molar-refractivity contribution in [2.75, 3.05) is 13.1 Å². The van der Waals surface area contributed by atoms with Gasteiger partial charge in [-0.3, -0.25) is 0 Å². The normalized spacial score (nSPS) is 12.6. The standard InChI is InChI=1S/C16H21FN2S/c1-4-18-10-14(13-6-5-7-15(17)8-13)9-16-19-11(2)12(3)20-16/h5-8,14,18H,4,9-10H2,1-3H3. The molecule has 0 radical (unpaired) electrons. The fraction of sp³-hybridized carbons (Fsp3) is 0.438. The lowest BCUT2D eigenvalue weighted by Crippen LogP contribution is -2.22. The molecule has 20 heavy (non-hydrogen) atoms. The highest BCUT2D eigenvalue weighted by atomic mass is 32.1. The molecule has 1 aromatic carbocycles. The van der Waals surface area contributed by atoms with Gasteiger partial charge in [-0.2, -0.15) is 0 Å². The molecule has 0 aliphatic rings. The van der Waals surface area contributed by atoms with Crippen LogP contribution < -0.4 is 5.32 Å². The van der Waals surface area contributed by atoms with Crippen LogP contribution in [0.15, 0.2) is 24.3 Å². The lowest BCUT2D eigenvalue weighted by atomic mass is 9.95. The Bertz CT molecular complexity index is 546. The second-order valence-electron chi connectivity index (χ2n) is 5.01. The average molecular weight is 292 g/mol. The summed E-state index contributed by atoms with van der Waals surface area (Å²) < 4.78 is 13.4. The van der Waals surface area contributed by atoms with Gasteiger partial charge in [0.2, 0.25) is 0 Å². The molecule has 108 valence electrons. The Kier molecular flexibility index (Phi) is 5.26. The summed E-state index contributed by atoms with van der Waals surface area (Å²) in [5, 5.41) is 4.49. The topological polar surface area (TPSA) is 24.9 Å². The molecule has 2 nitrogen and oxygen atoms in total. The van der Waals surface area contributed by atoms with Gasteiger partial charge < -0.3 is 5.32 Å². The van der Waals surface area contributed by atoms with Crippen LogP contribution in [0.2, 0.25) is 0 Å². The molecule has 2 aromatic rings. The zero-order valence-corrected chi connectivity index (χ0v) is 13.1. The van der Waals surface area contributed by atoms with Crippen molar-refractivity contribution in [3.8, 4) is 0 Å². The highest BCUT2D eigenvalue weighted by Gasteiger charge is 2.15. The predicted octanol–water partition coefficient (Wildman–Crippen LogP) is 3.83. The fourth-order valence-electron chi connectivity index (χ4n) is 2.22. The van der Waals surface area contributed by atoms with E-state index in [-0.39, 0.29) is 11.7 Å². The molecule has 0 fully saturated rings. The Labute approximate surface area is 124 Å². The van der Waals surface area contributed by atoms with Crippen LogP contribution in [0.5, 0.6) is 0 Å². The number of thiazole rings is 1. The molecule has 1 unspecified atom stereocenters. The minimum Gasteiger partial charge on any atom is -0.316 e. The van der Waals surface area contributed by atoms with E-state index >= 15 is 0 Å². The quantitative estimate of drug-likeness (QED) is 0.875. The molecule has 0 bridgehead atoms. The first-order chi connectivity index (χ1) is 9.60. The van der Waals surface area contributed by atoms with E-state index in [1.54, 1.807) is 23.5 Å². The highest BCUT2D eigenvalue weighted by molar-refractivity contribution is 7.11. The van der Waals surface area contributed by atoms with Gasteiger partial charge >= 0.3 is 0 Å². The van der Waals surface area contributed by atoms with Gasteiger partial charge in [-0.25, -0.2) is 9.37 Å². The molecule has 0 aliphatic heterocycles. The molecule has 0 spiro atoms. The maximum atomic E-state index is 13.4. The van der Waals surface area contributed by atoms with Crippen LogP contribution in [-0.4, -0.2) is 18.1 Å². The third kappa shape index (κ3) is 3.87. The van der Waals surface area contributed by atoms with E-state index in [9.17, 15) is 4.39 Å². The van der Waals surface area contributed by atoms with Crippen molar-refractivity contribution in [3.63, 3.8) is 0 Å². The molecule has 1 atom stereocenters. The molecule has 0 saturated heterocycles. The van der Waals surface area contributed by atoms with Crippen LogP contribution in [0.25, 0.3) is 0 Å². The van der Waals surface area contributed by atoms with Crippen molar-refractivity contribution in [3.05, 3.63) is 51.2 Å². The zero-order chi connectivity index (χ0) is 14.5. The maximum Gasteiger partial charge on any atom is 0.123 e. The van der Waals surface area contributed by atoms with E-state index < -0.39 is 0 Å². The molecule has 0 saturated carbocycles. The Morgan fingerprint density at radius 1 is 1.35 bits per heavy atom. The summed E-state index contributed by atoms with van der Waals surface area (Å²) in [6, 6.07) is 6.90. The van der Waals surface area contributed by atoms with Crippen LogP contribution in [0.1, 0.15) is 34.0 Å². The SMILES string of the molecule is CCNCC(Cc1nc(C)c(C)s1)c1cccc(F)c1. The molecule has 1 heterocycles. The number of aryl methyl sites for hydroxylation is 2. The second-order valence-corrected chi connectivity index (χ2v) is 6.30. The average Bonchev–Trinajstić information content (AvgIpc) is 2.73. The van der Waals surface area contributed by atoms with E-state index in [0.717, 1.165) is 35.8 Å². The van der Waals surface area contributed by atoms with Crippen molar-refractivity contribution in [2.45, 2.75) is 33.1 Å². The number of benzene rings is 1. The number of halogens is 1. The molecule has 1 N–H and O–H groups in total. The van der Waals surface area contributed by atoms with Gasteiger partial charge in [0.05, 0.1) is 10.7 Å². The molecular formula is C16H21FN2S. The van der Waals surface area contributed by atoms with E-state index in [4.69, 9.17) is 0 Å². The smallest absolute Gasteiger partial charge is 0.123 e. The van der Waals surface area contributed by atoms with Crippen LogP contribution in [-0.2, 0) is 6.42 Å². The van der Waals surface area contributed by atoms with Crippen molar-refractivity contribution < 1.29 is 4.39 Å². The highest BCUT2D eigenvalue weighted by Crippen LogP contribution is 2.25. The zero-order valence-electron chi connectivity index (χ0n) is 12.2. The maximum absolute atomic E-state index is 13.4.